The Balaban J connectivity index is 1.92. The summed E-state index contributed by atoms with van der Waals surface area (Å²) in [5, 5.41) is 10.1. The minimum absolute atomic E-state index is 0.157. The lowest BCUT2D eigenvalue weighted by Crippen LogP contribution is -2.13. The van der Waals surface area contributed by atoms with E-state index in [9.17, 15) is 28.1 Å². The number of esters is 1. The molecule has 0 amide bonds. The minimum atomic E-state index is -4.62. The molecule has 0 radical (unpaired) electrons. The number of halogens is 6. The Bertz CT molecular complexity index is 1210. The van der Waals surface area contributed by atoms with E-state index in [1.54, 1.807) is 0 Å². The molecule has 0 saturated carbocycles. The number of carbonyl (C=O) groups is 1. The van der Waals surface area contributed by atoms with Crippen molar-refractivity contribution in [1.29, 1.82) is 0 Å². The Kier molecular flexibility index (Phi) is 6.67. The summed E-state index contributed by atoms with van der Waals surface area (Å²) in [6.07, 6.45) is -4.62. The number of hydrogen-bond acceptors (Lipinski definition) is 8. The molecule has 1 heterocycles. The SMILES string of the molecule is O=C(Oc1nc(Cl)nc(Cl)n1)c1cc(Oc2ccc(C(F)(F)F)cc2Cl)ccc1[N+](=O)[O-]. The van der Waals surface area contributed by atoms with Gasteiger partial charge in [0.15, 0.2) is 0 Å². The lowest BCUT2D eigenvalue weighted by molar-refractivity contribution is -0.385. The van der Waals surface area contributed by atoms with E-state index in [1.165, 1.54) is 0 Å². The number of nitro benzene ring substituents is 1. The van der Waals surface area contributed by atoms with Gasteiger partial charge in [0, 0.05) is 12.1 Å². The van der Waals surface area contributed by atoms with Gasteiger partial charge in [0.1, 0.15) is 17.1 Å². The molecule has 32 heavy (non-hydrogen) atoms. The van der Waals surface area contributed by atoms with Crippen molar-refractivity contribution in [2.24, 2.45) is 0 Å². The van der Waals surface area contributed by atoms with Gasteiger partial charge in [-0.05, 0) is 47.5 Å². The van der Waals surface area contributed by atoms with E-state index in [-0.39, 0.29) is 16.5 Å². The van der Waals surface area contributed by atoms with Crippen molar-refractivity contribution in [3.8, 4) is 17.5 Å². The fraction of sp³-hybridized carbons (Fsp3) is 0.0588. The molecule has 0 saturated heterocycles. The Morgan fingerprint density at radius 2 is 1.66 bits per heavy atom. The van der Waals surface area contributed by atoms with Crippen LogP contribution in [0.1, 0.15) is 15.9 Å². The van der Waals surface area contributed by atoms with Gasteiger partial charge < -0.3 is 9.47 Å². The van der Waals surface area contributed by atoms with Gasteiger partial charge in [-0.3, -0.25) is 10.1 Å². The summed E-state index contributed by atoms with van der Waals surface area (Å²) in [5.41, 5.74) is -2.24. The third-order valence-corrected chi connectivity index (χ3v) is 4.25. The third kappa shape index (κ3) is 5.52. The zero-order chi connectivity index (χ0) is 23.6. The van der Waals surface area contributed by atoms with Crippen LogP contribution in [0.2, 0.25) is 15.6 Å². The smallest absolute Gasteiger partial charge is 0.416 e. The molecule has 0 atom stereocenters. The fourth-order valence-corrected chi connectivity index (χ4v) is 2.85. The Labute approximate surface area is 190 Å². The van der Waals surface area contributed by atoms with Crippen LogP contribution in [0.4, 0.5) is 18.9 Å². The van der Waals surface area contributed by atoms with E-state index in [0.717, 1.165) is 30.3 Å². The van der Waals surface area contributed by atoms with E-state index in [4.69, 9.17) is 44.3 Å². The largest absolute Gasteiger partial charge is 0.456 e. The first-order valence-corrected chi connectivity index (χ1v) is 9.19. The summed E-state index contributed by atoms with van der Waals surface area (Å²) in [6.45, 7) is 0. The predicted molar refractivity (Wildman–Crippen MR) is 104 cm³/mol. The zero-order valence-electron chi connectivity index (χ0n) is 15.1. The number of aromatic nitrogens is 3. The van der Waals surface area contributed by atoms with Crippen LogP contribution in [-0.2, 0) is 6.18 Å². The van der Waals surface area contributed by atoms with Gasteiger partial charge in [0.2, 0.25) is 10.6 Å². The second-order valence-corrected chi connectivity index (χ2v) is 6.81. The number of alkyl halides is 3. The maximum Gasteiger partial charge on any atom is 0.416 e. The van der Waals surface area contributed by atoms with Gasteiger partial charge in [0.05, 0.1) is 15.5 Å². The molecule has 3 rings (SSSR count). The summed E-state index contributed by atoms with van der Waals surface area (Å²) in [5.74, 6) is -1.61. The zero-order valence-corrected chi connectivity index (χ0v) is 17.3. The molecule has 9 nitrogen and oxygen atoms in total. The van der Waals surface area contributed by atoms with Gasteiger partial charge in [-0.1, -0.05) is 11.6 Å². The average Bonchev–Trinajstić information content (AvgIpc) is 2.67. The van der Waals surface area contributed by atoms with Crippen molar-refractivity contribution >= 4 is 46.5 Å². The molecule has 15 heteroatoms. The predicted octanol–water partition coefficient (Wildman–Crippen LogP) is 5.77. The molecule has 0 aliphatic carbocycles. The monoisotopic (exact) mass is 508 g/mol. The van der Waals surface area contributed by atoms with Crippen LogP contribution in [-0.4, -0.2) is 25.8 Å². The third-order valence-electron chi connectivity index (χ3n) is 3.62. The van der Waals surface area contributed by atoms with Gasteiger partial charge >= 0.3 is 18.2 Å². The van der Waals surface area contributed by atoms with Gasteiger partial charge in [-0.2, -0.15) is 28.1 Å². The highest BCUT2D eigenvalue weighted by Gasteiger charge is 2.31. The minimum Gasteiger partial charge on any atom is -0.456 e. The number of carbonyl (C=O) groups excluding carboxylic acids is 1. The normalized spacial score (nSPS) is 11.2. The first-order valence-electron chi connectivity index (χ1n) is 8.06. The van der Waals surface area contributed by atoms with Crippen LogP contribution < -0.4 is 9.47 Å². The summed E-state index contributed by atoms with van der Waals surface area (Å²) < 4.78 is 48.5. The molecule has 3 aromatic rings. The lowest BCUT2D eigenvalue weighted by Gasteiger charge is -2.12. The van der Waals surface area contributed by atoms with Crippen molar-refractivity contribution in [1.82, 2.24) is 15.0 Å². The first-order chi connectivity index (χ1) is 14.9. The summed E-state index contributed by atoms with van der Waals surface area (Å²) >= 11 is 17.0. The Hall–Kier alpha value is -3.22. The molecule has 0 unspecified atom stereocenters. The summed E-state index contributed by atoms with van der Waals surface area (Å²) in [7, 11) is 0. The maximum absolute atomic E-state index is 12.8. The summed E-state index contributed by atoms with van der Waals surface area (Å²) in [6, 6.07) is 4.68. The van der Waals surface area contributed by atoms with Gasteiger partial charge in [0.25, 0.3) is 5.69 Å². The standard InChI is InChI=1S/C17H6Cl3F3N4O5/c18-10-5-7(17(21,22)23)1-4-12(10)31-8-2-3-11(27(29)30)9(6-8)13(28)32-16-25-14(19)24-15(20)26-16/h1-6H. The molecule has 0 spiro atoms. The summed E-state index contributed by atoms with van der Waals surface area (Å²) in [4.78, 5) is 33.4. The van der Waals surface area contributed by atoms with Crippen molar-refractivity contribution in [2.75, 3.05) is 0 Å². The lowest BCUT2D eigenvalue weighted by atomic mass is 10.1. The highest BCUT2D eigenvalue weighted by Crippen LogP contribution is 2.37. The van der Waals surface area contributed by atoms with Gasteiger partial charge in [-0.15, -0.1) is 0 Å². The molecule has 0 bridgehead atoms. The maximum atomic E-state index is 12.8. The Morgan fingerprint density at radius 1 is 1.00 bits per heavy atom. The number of rotatable bonds is 5. The topological polar surface area (TPSA) is 117 Å². The molecular weight excluding hydrogens is 504 g/mol. The first kappa shape index (κ1) is 23.4. The van der Waals surface area contributed by atoms with E-state index in [2.05, 4.69) is 15.0 Å². The van der Waals surface area contributed by atoms with Gasteiger partial charge in [-0.25, -0.2) is 4.79 Å². The molecule has 1 aromatic heterocycles. The van der Waals surface area contributed by atoms with Crippen LogP contribution in [0.3, 0.4) is 0 Å². The second-order valence-electron chi connectivity index (χ2n) is 5.73. The number of nitro groups is 1. The molecule has 166 valence electrons. The second kappa shape index (κ2) is 9.10. The van der Waals surface area contributed by atoms with Crippen LogP contribution >= 0.6 is 34.8 Å². The number of benzene rings is 2. The van der Waals surface area contributed by atoms with Crippen molar-refractivity contribution in [2.45, 2.75) is 6.18 Å². The molecule has 0 fully saturated rings. The quantitative estimate of drug-likeness (QED) is 0.242. The highest BCUT2D eigenvalue weighted by atomic mass is 35.5. The van der Waals surface area contributed by atoms with E-state index >= 15 is 0 Å². The van der Waals surface area contributed by atoms with Crippen LogP contribution in [0, 0.1) is 10.1 Å². The number of hydrogen-bond donors (Lipinski definition) is 0. The number of ether oxygens (including phenoxy) is 2. The van der Waals surface area contributed by atoms with E-state index in [1.807, 2.05) is 0 Å². The van der Waals surface area contributed by atoms with E-state index < -0.39 is 50.5 Å². The van der Waals surface area contributed by atoms with Crippen molar-refractivity contribution in [3.05, 3.63) is 73.2 Å². The molecule has 0 aliphatic heterocycles. The van der Waals surface area contributed by atoms with Crippen molar-refractivity contribution in [3.63, 3.8) is 0 Å². The number of nitrogens with zero attached hydrogens (tertiary/aromatic N) is 4. The van der Waals surface area contributed by atoms with E-state index in [0.29, 0.717) is 6.07 Å². The van der Waals surface area contributed by atoms with Crippen LogP contribution in [0.25, 0.3) is 0 Å². The van der Waals surface area contributed by atoms with Crippen LogP contribution in [0.5, 0.6) is 17.5 Å². The molecular formula is C17H6Cl3F3N4O5. The Morgan fingerprint density at radius 3 is 2.22 bits per heavy atom. The molecule has 2 aromatic carbocycles. The average molecular weight is 510 g/mol. The molecule has 0 N–H and O–H groups in total. The fourth-order valence-electron chi connectivity index (χ4n) is 2.28. The van der Waals surface area contributed by atoms with Crippen LogP contribution in [0.15, 0.2) is 36.4 Å². The molecule has 0 aliphatic rings. The van der Waals surface area contributed by atoms with Crippen molar-refractivity contribution < 1.29 is 32.4 Å². The highest BCUT2D eigenvalue weighted by molar-refractivity contribution is 6.32.